The van der Waals surface area contributed by atoms with Crippen molar-refractivity contribution in [3.05, 3.63) is 24.3 Å². The second-order valence-corrected chi connectivity index (χ2v) is 5.02. The van der Waals surface area contributed by atoms with Gasteiger partial charge < -0.3 is 10.6 Å². The number of likely N-dealkylation sites (N-methyl/N-ethyl adjacent to an activating group) is 1. The summed E-state index contributed by atoms with van der Waals surface area (Å²) in [7, 11) is 1.75. The molecule has 0 aromatic heterocycles. The second kappa shape index (κ2) is 7.51. The lowest BCUT2D eigenvalue weighted by Crippen LogP contribution is -2.42. The smallest absolute Gasteiger partial charge is 0.240 e. The van der Waals surface area contributed by atoms with Gasteiger partial charge in [0.1, 0.15) is 0 Å². The number of carbonyl (C=O) groups is 1. The Labute approximate surface area is 120 Å². The number of hydrogen-bond donors (Lipinski definition) is 1. The van der Waals surface area contributed by atoms with Crippen molar-refractivity contribution in [2.75, 3.05) is 30.8 Å². The van der Waals surface area contributed by atoms with Crippen LogP contribution in [-0.4, -0.2) is 37.0 Å². The minimum atomic E-state index is 0.00131. The summed E-state index contributed by atoms with van der Waals surface area (Å²) >= 11 is 0. The fourth-order valence-electron chi connectivity index (χ4n) is 1.84. The third kappa shape index (κ3) is 4.56. The lowest BCUT2D eigenvalue weighted by Gasteiger charge is -2.27. The zero-order chi connectivity index (χ0) is 15.1. The third-order valence-electron chi connectivity index (χ3n) is 3.23. The van der Waals surface area contributed by atoms with Gasteiger partial charge >= 0.3 is 0 Å². The van der Waals surface area contributed by atoms with E-state index in [1.165, 1.54) is 0 Å². The Morgan fingerprint density at radius 1 is 1.35 bits per heavy atom. The van der Waals surface area contributed by atoms with Crippen LogP contribution in [0, 0.1) is 11.3 Å². The molecule has 1 rings (SSSR count). The SMILES string of the molecule is CC(C)N(CCC#N)CC(=O)N(C)c1ccc(N)cc1. The Hall–Kier alpha value is -2.06. The van der Waals surface area contributed by atoms with Crippen molar-refractivity contribution in [1.82, 2.24) is 4.90 Å². The highest BCUT2D eigenvalue weighted by atomic mass is 16.2. The maximum absolute atomic E-state index is 12.3. The minimum Gasteiger partial charge on any atom is -0.399 e. The van der Waals surface area contributed by atoms with Crippen molar-refractivity contribution in [2.24, 2.45) is 0 Å². The summed E-state index contributed by atoms with van der Waals surface area (Å²) in [6, 6.07) is 9.53. The molecule has 0 saturated carbocycles. The largest absolute Gasteiger partial charge is 0.399 e. The summed E-state index contributed by atoms with van der Waals surface area (Å²) in [6.07, 6.45) is 0.428. The average molecular weight is 274 g/mol. The summed E-state index contributed by atoms with van der Waals surface area (Å²) < 4.78 is 0. The van der Waals surface area contributed by atoms with E-state index >= 15 is 0 Å². The topological polar surface area (TPSA) is 73.4 Å². The van der Waals surface area contributed by atoms with E-state index in [2.05, 4.69) is 6.07 Å². The van der Waals surface area contributed by atoms with Gasteiger partial charge in [0.2, 0.25) is 5.91 Å². The van der Waals surface area contributed by atoms with Crippen molar-refractivity contribution in [2.45, 2.75) is 26.3 Å². The fraction of sp³-hybridized carbons (Fsp3) is 0.467. The standard InChI is InChI=1S/C15H22N4O/c1-12(2)19(10-4-9-16)11-15(20)18(3)14-7-5-13(17)6-8-14/h5-8,12H,4,10-11,17H2,1-3H3. The van der Waals surface area contributed by atoms with Crippen molar-refractivity contribution in [3.8, 4) is 6.07 Å². The molecule has 5 nitrogen and oxygen atoms in total. The van der Waals surface area contributed by atoms with Gasteiger partial charge in [0, 0.05) is 37.4 Å². The number of nitrogen functional groups attached to an aromatic ring is 1. The van der Waals surface area contributed by atoms with E-state index in [0.717, 1.165) is 5.69 Å². The van der Waals surface area contributed by atoms with Crippen LogP contribution >= 0.6 is 0 Å². The van der Waals surface area contributed by atoms with Crippen LogP contribution in [0.15, 0.2) is 24.3 Å². The highest BCUT2D eigenvalue weighted by molar-refractivity contribution is 5.94. The Morgan fingerprint density at radius 3 is 2.45 bits per heavy atom. The second-order valence-electron chi connectivity index (χ2n) is 5.02. The number of carbonyl (C=O) groups excluding carboxylic acids is 1. The molecule has 1 aromatic rings. The van der Waals surface area contributed by atoms with Gasteiger partial charge in [0.25, 0.3) is 0 Å². The molecule has 20 heavy (non-hydrogen) atoms. The van der Waals surface area contributed by atoms with Gasteiger partial charge in [-0.15, -0.1) is 0 Å². The number of nitrogens with zero attached hydrogens (tertiary/aromatic N) is 3. The number of nitriles is 1. The zero-order valence-electron chi connectivity index (χ0n) is 12.3. The molecule has 2 N–H and O–H groups in total. The van der Waals surface area contributed by atoms with Crippen LogP contribution < -0.4 is 10.6 Å². The molecule has 0 fully saturated rings. The van der Waals surface area contributed by atoms with Crippen molar-refractivity contribution in [3.63, 3.8) is 0 Å². The molecule has 0 heterocycles. The normalized spacial score (nSPS) is 10.6. The molecule has 0 aliphatic carbocycles. The van der Waals surface area contributed by atoms with Gasteiger partial charge in [-0.25, -0.2) is 0 Å². The molecule has 5 heteroatoms. The molecule has 0 spiro atoms. The van der Waals surface area contributed by atoms with Crippen LogP contribution in [0.5, 0.6) is 0 Å². The minimum absolute atomic E-state index is 0.00131. The van der Waals surface area contributed by atoms with Gasteiger partial charge in [-0.05, 0) is 38.1 Å². The van der Waals surface area contributed by atoms with E-state index in [-0.39, 0.29) is 11.9 Å². The molecule has 1 aromatic carbocycles. The molecule has 0 saturated heterocycles. The van der Waals surface area contributed by atoms with E-state index in [0.29, 0.717) is 25.2 Å². The first-order chi connectivity index (χ1) is 9.45. The molecule has 0 radical (unpaired) electrons. The monoisotopic (exact) mass is 274 g/mol. The van der Waals surface area contributed by atoms with Crippen molar-refractivity contribution >= 4 is 17.3 Å². The Kier molecular flexibility index (Phi) is 6.01. The average Bonchev–Trinajstić information content (AvgIpc) is 2.42. The zero-order valence-corrected chi connectivity index (χ0v) is 12.3. The molecule has 0 aliphatic heterocycles. The maximum atomic E-state index is 12.3. The molecule has 1 amide bonds. The lowest BCUT2D eigenvalue weighted by atomic mass is 10.2. The quantitative estimate of drug-likeness (QED) is 0.803. The van der Waals surface area contributed by atoms with Gasteiger partial charge in [0.05, 0.1) is 12.6 Å². The first-order valence-electron chi connectivity index (χ1n) is 6.68. The van der Waals surface area contributed by atoms with Crippen LogP contribution in [0.1, 0.15) is 20.3 Å². The summed E-state index contributed by atoms with van der Waals surface area (Å²) in [4.78, 5) is 15.9. The molecule has 0 unspecified atom stereocenters. The first-order valence-corrected chi connectivity index (χ1v) is 6.68. The van der Waals surface area contributed by atoms with Crippen molar-refractivity contribution in [1.29, 1.82) is 5.26 Å². The number of rotatable bonds is 6. The van der Waals surface area contributed by atoms with E-state index in [1.807, 2.05) is 30.9 Å². The van der Waals surface area contributed by atoms with E-state index in [1.54, 1.807) is 24.1 Å². The molecule has 108 valence electrons. The molecular weight excluding hydrogens is 252 g/mol. The Bertz CT molecular complexity index is 476. The highest BCUT2D eigenvalue weighted by Gasteiger charge is 2.17. The summed E-state index contributed by atoms with van der Waals surface area (Å²) in [5, 5.41) is 8.66. The van der Waals surface area contributed by atoms with Crippen molar-refractivity contribution < 1.29 is 4.79 Å². The van der Waals surface area contributed by atoms with Crippen LogP contribution in [0.2, 0.25) is 0 Å². The number of anilines is 2. The van der Waals surface area contributed by atoms with E-state index < -0.39 is 0 Å². The number of benzene rings is 1. The molecular formula is C15H22N4O. The molecule has 0 bridgehead atoms. The number of nitrogens with two attached hydrogens (primary N) is 1. The van der Waals surface area contributed by atoms with Gasteiger partial charge in [-0.3, -0.25) is 9.69 Å². The summed E-state index contributed by atoms with van der Waals surface area (Å²) in [6.45, 7) is 4.96. The van der Waals surface area contributed by atoms with Crippen LogP contribution in [0.3, 0.4) is 0 Å². The van der Waals surface area contributed by atoms with E-state index in [9.17, 15) is 4.79 Å². The van der Waals surface area contributed by atoms with Crippen LogP contribution in [-0.2, 0) is 4.79 Å². The third-order valence-corrected chi connectivity index (χ3v) is 3.23. The predicted octanol–water partition coefficient (Wildman–Crippen LogP) is 1.86. The molecule has 0 aliphatic rings. The van der Waals surface area contributed by atoms with Gasteiger partial charge in [-0.2, -0.15) is 5.26 Å². The van der Waals surface area contributed by atoms with Gasteiger partial charge in [0.15, 0.2) is 0 Å². The molecule has 0 atom stereocenters. The predicted molar refractivity (Wildman–Crippen MR) is 81.2 cm³/mol. The lowest BCUT2D eigenvalue weighted by molar-refractivity contribution is -0.119. The maximum Gasteiger partial charge on any atom is 0.240 e. The van der Waals surface area contributed by atoms with E-state index in [4.69, 9.17) is 11.0 Å². The Morgan fingerprint density at radius 2 is 1.95 bits per heavy atom. The highest BCUT2D eigenvalue weighted by Crippen LogP contribution is 2.15. The number of amides is 1. The number of hydrogen-bond acceptors (Lipinski definition) is 4. The fourth-order valence-corrected chi connectivity index (χ4v) is 1.84. The first kappa shape index (κ1) is 16.0. The summed E-state index contributed by atoms with van der Waals surface area (Å²) in [5.41, 5.74) is 7.12. The van der Waals surface area contributed by atoms with Crippen LogP contribution in [0.4, 0.5) is 11.4 Å². The van der Waals surface area contributed by atoms with Gasteiger partial charge in [-0.1, -0.05) is 0 Å². The Balaban J connectivity index is 2.68. The van der Waals surface area contributed by atoms with Crippen LogP contribution in [0.25, 0.3) is 0 Å². The summed E-state index contributed by atoms with van der Waals surface area (Å²) in [5.74, 6) is 0.00131.